The van der Waals surface area contributed by atoms with Gasteiger partial charge in [0, 0.05) is 63.2 Å². The number of fused-ring (bicyclic) bond motifs is 1. The van der Waals surface area contributed by atoms with Gasteiger partial charge in [-0.05, 0) is 17.2 Å². The monoisotopic (exact) mass is 404 g/mol. The Kier molecular flexibility index (Phi) is 6.14. The van der Waals surface area contributed by atoms with Crippen molar-refractivity contribution in [3.05, 3.63) is 71.9 Å². The first kappa shape index (κ1) is 20.2. The number of nitrogens with one attached hydrogen (secondary N) is 2. The topological polar surface area (TPSA) is 68.4 Å². The summed E-state index contributed by atoms with van der Waals surface area (Å²) in [5.74, 6) is -0.189. The van der Waals surface area contributed by atoms with Crippen LogP contribution < -0.4 is 5.32 Å². The van der Waals surface area contributed by atoms with E-state index in [2.05, 4.69) is 39.5 Å². The van der Waals surface area contributed by atoms with Crippen molar-refractivity contribution in [3.8, 4) is 0 Å². The summed E-state index contributed by atoms with van der Waals surface area (Å²) in [5, 5.41) is 3.96. The molecule has 1 fully saturated rings. The number of H-pyrrole nitrogens is 1. The van der Waals surface area contributed by atoms with Gasteiger partial charge in [-0.1, -0.05) is 48.5 Å². The normalized spacial score (nSPS) is 15.8. The molecule has 0 aliphatic carbocycles. The van der Waals surface area contributed by atoms with Gasteiger partial charge in [0.2, 0.25) is 11.8 Å². The summed E-state index contributed by atoms with van der Waals surface area (Å²) in [6, 6.07) is 17.9. The van der Waals surface area contributed by atoms with Crippen LogP contribution in [0.2, 0.25) is 0 Å². The number of amides is 2. The molecule has 6 heteroatoms. The van der Waals surface area contributed by atoms with Gasteiger partial charge in [-0.15, -0.1) is 0 Å². The molecule has 30 heavy (non-hydrogen) atoms. The summed E-state index contributed by atoms with van der Waals surface area (Å²) >= 11 is 0. The lowest BCUT2D eigenvalue weighted by atomic mass is 10.0. The van der Waals surface area contributed by atoms with Crippen molar-refractivity contribution in [2.24, 2.45) is 0 Å². The van der Waals surface area contributed by atoms with Gasteiger partial charge in [0.05, 0.1) is 0 Å². The third kappa shape index (κ3) is 4.71. The smallest absolute Gasteiger partial charge is 0.245 e. The Morgan fingerprint density at radius 1 is 1.00 bits per heavy atom. The SMILES string of the molecule is CC(=O)N[C@@H](Cc1c[nH]c2ccccc12)C(=O)N1CCN(Cc2ccccc2)CC1. The second-order valence-electron chi connectivity index (χ2n) is 7.90. The zero-order valence-corrected chi connectivity index (χ0v) is 17.3. The number of piperazine rings is 1. The van der Waals surface area contributed by atoms with E-state index in [4.69, 9.17) is 0 Å². The van der Waals surface area contributed by atoms with Crippen LogP contribution in [-0.2, 0) is 22.6 Å². The lowest BCUT2D eigenvalue weighted by molar-refractivity contribution is -0.137. The van der Waals surface area contributed by atoms with Gasteiger partial charge in [0.1, 0.15) is 6.04 Å². The second kappa shape index (κ2) is 9.13. The van der Waals surface area contributed by atoms with Crippen LogP contribution in [0.25, 0.3) is 10.9 Å². The highest BCUT2D eigenvalue weighted by atomic mass is 16.2. The summed E-state index contributed by atoms with van der Waals surface area (Å²) < 4.78 is 0. The molecule has 2 N–H and O–H groups in total. The maximum Gasteiger partial charge on any atom is 0.245 e. The van der Waals surface area contributed by atoms with Crippen LogP contribution in [0, 0.1) is 0 Å². The number of hydrogen-bond donors (Lipinski definition) is 2. The molecule has 0 unspecified atom stereocenters. The number of rotatable bonds is 6. The Labute approximate surface area is 176 Å². The quantitative estimate of drug-likeness (QED) is 0.664. The lowest BCUT2D eigenvalue weighted by Crippen LogP contribution is -2.55. The standard InChI is InChI=1S/C24H28N4O2/c1-18(29)26-23(15-20-16-25-22-10-6-5-9-21(20)22)24(30)28-13-11-27(12-14-28)17-19-7-3-2-4-8-19/h2-10,16,23,25H,11-15,17H2,1H3,(H,26,29)/t23-/m0/s1. The van der Waals surface area contributed by atoms with E-state index in [9.17, 15) is 9.59 Å². The van der Waals surface area contributed by atoms with E-state index < -0.39 is 6.04 Å². The summed E-state index contributed by atoms with van der Waals surface area (Å²) in [6.07, 6.45) is 2.41. The van der Waals surface area contributed by atoms with Gasteiger partial charge in [0.25, 0.3) is 0 Å². The first-order valence-electron chi connectivity index (χ1n) is 10.5. The molecule has 4 rings (SSSR count). The van der Waals surface area contributed by atoms with Crippen molar-refractivity contribution < 1.29 is 9.59 Å². The van der Waals surface area contributed by atoms with Crippen LogP contribution >= 0.6 is 0 Å². The van der Waals surface area contributed by atoms with Gasteiger partial charge in [-0.2, -0.15) is 0 Å². The molecule has 0 spiro atoms. The Hall–Kier alpha value is -3.12. The molecule has 1 aromatic heterocycles. The maximum absolute atomic E-state index is 13.2. The van der Waals surface area contributed by atoms with E-state index in [1.165, 1.54) is 12.5 Å². The van der Waals surface area contributed by atoms with Crippen LogP contribution in [0.4, 0.5) is 0 Å². The van der Waals surface area contributed by atoms with Gasteiger partial charge in [-0.25, -0.2) is 0 Å². The molecule has 2 amide bonds. The zero-order chi connectivity index (χ0) is 20.9. The van der Waals surface area contributed by atoms with Gasteiger partial charge >= 0.3 is 0 Å². The van der Waals surface area contributed by atoms with Crippen LogP contribution in [0.15, 0.2) is 60.8 Å². The molecule has 1 saturated heterocycles. The van der Waals surface area contributed by atoms with E-state index >= 15 is 0 Å². The Balaban J connectivity index is 1.40. The molecule has 1 atom stereocenters. The average molecular weight is 405 g/mol. The number of para-hydroxylation sites is 1. The van der Waals surface area contributed by atoms with Gasteiger partial charge in [0.15, 0.2) is 0 Å². The molecular formula is C24H28N4O2. The van der Waals surface area contributed by atoms with Crippen molar-refractivity contribution in [2.45, 2.75) is 25.9 Å². The number of aromatic amines is 1. The predicted molar refractivity (Wildman–Crippen MR) is 118 cm³/mol. The third-order valence-corrected chi connectivity index (χ3v) is 5.71. The number of carbonyl (C=O) groups excluding carboxylic acids is 2. The van der Waals surface area contributed by atoms with Crippen molar-refractivity contribution >= 4 is 22.7 Å². The molecule has 156 valence electrons. The molecule has 3 aromatic rings. The van der Waals surface area contributed by atoms with Crippen molar-refractivity contribution in [3.63, 3.8) is 0 Å². The molecule has 2 aromatic carbocycles. The molecule has 2 heterocycles. The zero-order valence-electron chi connectivity index (χ0n) is 17.3. The van der Waals surface area contributed by atoms with E-state index in [0.29, 0.717) is 19.5 Å². The lowest BCUT2D eigenvalue weighted by Gasteiger charge is -2.36. The van der Waals surface area contributed by atoms with E-state index in [-0.39, 0.29) is 11.8 Å². The molecule has 0 bridgehead atoms. The minimum Gasteiger partial charge on any atom is -0.361 e. The fourth-order valence-corrected chi connectivity index (χ4v) is 4.15. The summed E-state index contributed by atoms with van der Waals surface area (Å²) in [4.78, 5) is 32.5. The number of hydrogen-bond acceptors (Lipinski definition) is 3. The highest BCUT2D eigenvalue weighted by Gasteiger charge is 2.28. The Bertz CT molecular complexity index is 1010. The number of nitrogens with zero attached hydrogens (tertiary/aromatic N) is 2. The minimum atomic E-state index is -0.553. The summed E-state index contributed by atoms with van der Waals surface area (Å²) in [7, 11) is 0. The number of aromatic nitrogens is 1. The van der Waals surface area contributed by atoms with Crippen molar-refractivity contribution in [1.82, 2.24) is 20.1 Å². The van der Waals surface area contributed by atoms with Crippen molar-refractivity contribution in [2.75, 3.05) is 26.2 Å². The van der Waals surface area contributed by atoms with Crippen LogP contribution in [0.3, 0.4) is 0 Å². The second-order valence-corrected chi connectivity index (χ2v) is 7.90. The highest BCUT2D eigenvalue weighted by Crippen LogP contribution is 2.20. The largest absolute Gasteiger partial charge is 0.361 e. The Morgan fingerprint density at radius 2 is 1.70 bits per heavy atom. The Morgan fingerprint density at radius 3 is 2.43 bits per heavy atom. The molecule has 6 nitrogen and oxygen atoms in total. The molecule has 0 saturated carbocycles. The maximum atomic E-state index is 13.2. The average Bonchev–Trinajstić information content (AvgIpc) is 3.17. The van der Waals surface area contributed by atoms with E-state index in [1.54, 1.807) is 0 Å². The predicted octanol–water partition coefficient (Wildman–Crippen LogP) is 2.56. The molecule has 0 radical (unpaired) electrons. The molecular weight excluding hydrogens is 376 g/mol. The summed E-state index contributed by atoms with van der Waals surface area (Å²) in [6.45, 7) is 5.38. The first-order chi connectivity index (χ1) is 14.6. The van der Waals surface area contributed by atoms with Crippen LogP contribution in [0.5, 0.6) is 0 Å². The third-order valence-electron chi connectivity index (χ3n) is 5.71. The van der Waals surface area contributed by atoms with E-state index in [0.717, 1.165) is 36.1 Å². The number of carbonyl (C=O) groups is 2. The fourth-order valence-electron chi connectivity index (χ4n) is 4.15. The van der Waals surface area contributed by atoms with E-state index in [1.807, 2.05) is 41.4 Å². The van der Waals surface area contributed by atoms with Crippen LogP contribution in [0.1, 0.15) is 18.1 Å². The first-order valence-corrected chi connectivity index (χ1v) is 10.5. The van der Waals surface area contributed by atoms with Crippen LogP contribution in [-0.4, -0.2) is 58.8 Å². The molecule has 1 aliphatic heterocycles. The highest BCUT2D eigenvalue weighted by molar-refractivity contribution is 5.89. The summed E-state index contributed by atoms with van der Waals surface area (Å²) in [5.41, 5.74) is 3.36. The molecule has 1 aliphatic rings. The minimum absolute atomic E-state index is 0.00478. The van der Waals surface area contributed by atoms with Crippen molar-refractivity contribution in [1.29, 1.82) is 0 Å². The number of benzene rings is 2. The van der Waals surface area contributed by atoms with Gasteiger partial charge in [-0.3, -0.25) is 14.5 Å². The van der Waals surface area contributed by atoms with Gasteiger partial charge < -0.3 is 15.2 Å². The fraction of sp³-hybridized carbons (Fsp3) is 0.333.